The molecular weight excluding hydrogens is 390 g/mol. The van der Waals surface area contributed by atoms with E-state index in [1.54, 1.807) is 36.8 Å². The van der Waals surface area contributed by atoms with E-state index in [1.165, 1.54) is 15.6 Å². The standard InChI is InChI=1S/C19H17N7O2S/c27-16(22-10-13-4-3-8-21-17(13)26-12-20-11-23-26)7-9-25-18(28)14-5-1-2-6-15(14)24-19(25)29/h1-6,8,11-12H,7,9-10H2,(H,22,27)(H,24,29). The van der Waals surface area contributed by atoms with E-state index in [1.807, 2.05) is 12.1 Å². The maximum Gasteiger partial charge on any atom is 0.262 e. The molecule has 4 rings (SSSR count). The van der Waals surface area contributed by atoms with Crippen LogP contribution in [-0.2, 0) is 17.9 Å². The Bertz CT molecular complexity index is 1280. The lowest BCUT2D eigenvalue weighted by molar-refractivity contribution is -0.121. The second kappa shape index (κ2) is 8.15. The van der Waals surface area contributed by atoms with Crippen molar-refractivity contribution >= 4 is 29.0 Å². The van der Waals surface area contributed by atoms with Gasteiger partial charge < -0.3 is 10.3 Å². The van der Waals surface area contributed by atoms with Crippen LogP contribution in [0.3, 0.4) is 0 Å². The maximum absolute atomic E-state index is 12.6. The predicted molar refractivity (Wildman–Crippen MR) is 109 cm³/mol. The van der Waals surface area contributed by atoms with Crippen molar-refractivity contribution in [2.24, 2.45) is 0 Å². The first-order chi connectivity index (χ1) is 14.1. The molecule has 0 aliphatic rings. The molecule has 0 saturated heterocycles. The van der Waals surface area contributed by atoms with E-state index < -0.39 is 0 Å². The zero-order valence-corrected chi connectivity index (χ0v) is 16.1. The number of rotatable bonds is 6. The summed E-state index contributed by atoms with van der Waals surface area (Å²) in [5.74, 6) is 0.395. The van der Waals surface area contributed by atoms with Crippen molar-refractivity contribution in [3.05, 3.63) is 75.9 Å². The summed E-state index contributed by atoms with van der Waals surface area (Å²) < 4.78 is 3.24. The minimum absolute atomic E-state index is 0.120. The molecule has 3 aromatic heterocycles. The topological polar surface area (TPSA) is 110 Å². The number of fused-ring (bicyclic) bond motifs is 1. The highest BCUT2D eigenvalue weighted by molar-refractivity contribution is 7.71. The molecular formula is C19H17N7O2S. The minimum Gasteiger partial charge on any atom is -0.352 e. The van der Waals surface area contributed by atoms with Crippen LogP contribution in [0.25, 0.3) is 16.7 Å². The zero-order valence-electron chi connectivity index (χ0n) is 15.3. The first kappa shape index (κ1) is 18.7. The van der Waals surface area contributed by atoms with Crippen LogP contribution in [0.4, 0.5) is 0 Å². The van der Waals surface area contributed by atoms with E-state index in [0.29, 0.717) is 21.5 Å². The summed E-state index contributed by atoms with van der Waals surface area (Å²) in [6, 6.07) is 10.8. The summed E-state index contributed by atoms with van der Waals surface area (Å²) in [6.07, 6.45) is 4.73. The summed E-state index contributed by atoms with van der Waals surface area (Å²) >= 11 is 5.27. The van der Waals surface area contributed by atoms with Crippen LogP contribution in [0.1, 0.15) is 12.0 Å². The molecule has 29 heavy (non-hydrogen) atoms. The number of carbonyl (C=O) groups is 1. The molecule has 0 fully saturated rings. The number of nitrogens with one attached hydrogen (secondary N) is 2. The monoisotopic (exact) mass is 407 g/mol. The van der Waals surface area contributed by atoms with Crippen LogP contribution < -0.4 is 10.9 Å². The van der Waals surface area contributed by atoms with Crippen molar-refractivity contribution in [3.8, 4) is 5.82 Å². The van der Waals surface area contributed by atoms with E-state index in [-0.39, 0.29) is 31.0 Å². The molecule has 10 heteroatoms. The molecule has 0 bridgehead atoms. The Morgan fingerprint density at radius 2 is 2.07 bits per heavy atom. The number of pyridine rings is 1. The SMILES string of the molecule is O=C(CCn1c(=S)[nH]c2ccccc2c1=O)NCc1cccnc1-n1cncn1. The van der Waals surface area contributed by atoms with Crippen molar-refractivity contribution < 1.29 is 4.79 Å². The Hall–Kier alpha value is -3.66. The van der Waals surface area contributed by atoms with Gasteiger partial charge in [-0.2, -0.15) is 5.10 Å². The average molecular weight is 407 g/mol. The lowest BCUT2D eigenvalue weighted by Gasteiger charge is -2.10. The molecule has 0 aliphatic heterocycles. The van der Waals surface area contributed by atoms with Crippen molar-refractivity contribution in [3.63, 3.8) is 0 Å². The van der Waals surface area contributed by atoms with Gasteiger partial charge in [0.1, 0.15) is 12.7 Å². The quantitative estimate of drug-likeness (QED) is 0.471. The normalized spacial score (nSPS) is 10.9. The van der Waals surface area contributed by atoms with Crippen LogP contribution in [0.2, 0.25) is 0 Å². The summed E-state index contributed by atoms with van der Waals surface area (Å²) in [7, 11) is 0. The van der Waals surface area contributed by atoms with Gasteiger partial charge in [0.15, 0.2) is 10.6 Å². The van der Waals surface area contributed by atoms with Crippen molar-refractivity contribution in [1.82, 2.24) is 34.6 Å². The number of amides is 1. The zero-order chi connectivity index (χ0) is 20.2. The third kappa shape index (κ3) is 3.97. The van der Waals surface area contributed by atoms with Crippen LogP contribution in [0.15, 0.2) is 60.0 Å². The number of H-pyrrole nitrogens is 1. The van der Waals surface area contributed by atoms with E-state index in [4.69, 9.17) is 12.2 Å². The average Bonchev–Trinajstić information content (AvgIpc) is 3.27. The summed E-state index contributed by atoms with van der Waals surface area (Å²) in [5.41, 5.74) is 1.27. The van der Waals surface area contributed by atoms with Crippen LogP contribution in [-0.4, -0.2) is 35.2 Å². The van der Waals surface area contributed by atoms with E-state index >= 15 is 0 Å². The van der Waals surface area contributed by atoms with Gasteiger partial charge in [-0.15, -0.1) is 0 Å². The third-order valence-corrected chi connectivity index (χ3v) is 4.75. The van der Waals surface area contributed by atoms with Gasteiger partial charge in [-0.05, 0) is 30.4 Å². The van der Waals surface area contributed by atoms with Crippen molar-refractivity contribution in [2.45, 2.75) is 19.5 Å². The largest absolute Gasteiger partial charge is 0.352 e. The highest BCUT2D eigenvalue weighted by atomic mass is 32.1. The van der Waals surface area contributed by atoms with Gasteiger partial charge in [0.25, 0.3) is 5.56 Å². The van der Waals surface area contributed by atoms with Crippen molar-refractivity contribution in [1.29, 1.82) is 0 Å². The maximum atomic E-state index is 12.6. The molecule has 0 aliphatic carbocycles. The van der Waals surface area contributed by atoms with E-state index in [9.17, 15) is 9.59 Å². The number of para-hydroxylation sites is 1. The first-order valence-electron chi connectivity index (χ1n) is 8.91. The van der Waals surface area contributed by atoms with E-state index in [2.05, 4.69) is 25.4 Å². The molecule has 0 atom stereocenters. The lowest BCUT2D eigenvalue weighted by Crippen LogP contribution is -2.28. The Morgan fingerprint density at radius 3 is 2.90 bits per heavy atom. The molecule has 1 amide bonds. The Kier molecular flexibility index (Phi) is 5.25. The molecule has 0 radical (unpaired) electrons. The number of aromatic nitrogens is 6. The Labute approximate surface area is 170 Å². The molecule has 0 spiro atoms. The van der Waals surface area contributed by atoms with Crippen LogP contribution >= 0.6 is 12.2 Å². The molecule has 4 aromatic rings. The third-order valence-electron chi connectivity index (χ3n) is 4.43. The van der Waals surface area contributed by atoms with Gasteiger partial charge in [0, 0.05) is 31.3 Å². The number of nitrogens with zero attached hydrogens (tertiary/aromatic N) is 5. The summed E-state index contributed by atoms with van der Waals surface area (Å²) in [5, 5.41) is 7.46. The van der Waals surface area contributed by atoms with Crippen molar-refractivity contribution in [2.75, 3.05) is 0 Å². The second-order valence-corrected chi connectivity index (χ2v) is 6.67. The van der Waals surface area contributed by atoms with Crippen LogP contribution in [0, 0.1) is 4.77 Å². The summed E-state index contributed by atoms with van der Waals surface area (Å²) in [6.45, 7) is 0.467. The van der Waals surface area contributed by atoms with Gasteiger partial charge in [-0.1, -0.05) is 18.2 Å². The fourth-order valence-corrected chi connectivity index (χ4v) is 3.27. The predicted octanol–water partition coefficient (Wildman–Crippen LogP) is 1.74. The molecule has 0 unspecified atom stereocenters. The number of hydrogen-bond acceptors (Lipinski definition) is 6. The van der Waals surface area contributed by atoms with Gasteiger partial charge in [0.05, 0.1) is 10.9 Å². The molecule has 0 saturated carbocycles. The molecule has 146 valence electrons. The molecule has 2 N–H and O–H groups in total. The Balaban J connectivity index is 1.44. The van der Waals surface area contributed by atoms with Crippen LogP contribution in [0.5, 0.6) is 0 Å². The van der Waals surface area contributed by atoms with E-state index in [0.717, 1.165) is 5.56 Å². The molecule has 1 aromatic carbocycles. The van der Waals surface area contributed by atoms with Gasteiger partial charge in [-0.3, -0.25) is 14.2 Å². The smallest absolute Gasteiger partial charge is 0.262 e. The first-order valence-corrected chi connectivity index (χ1v) is 9.32. The number of benzene rings is 1. The fourth-order valence-electron chi connectivity index (χ4n) is 2.99. The Morgan fingerprint density at radius 1 is 1.21 bits per heavy atom. The second-order valence-electron chi connectivity index (χ2n) is 6.29. The number of aromatic amines is 1. The molecule has 3 heterocycles. The number of hydrogen-bond donors (Lipinski definition) is 2. The van der Waals surface area contributed by atoms with Gasteiger partial charge in [-0.25, -0.2) is 14.6 Å². The van der Waals surface area contributed by atoms with Gasteiger partial charge >= 0.3 is 0 Å². The minimum atomic E-state index is -0.210. The summed E-state index contributed by atoms with van der Waals surface area (Å²) in [4.78, 5) is 36.2. The number of carbonyl (C=O) groups excluding carboxylic acids is 1. The molecule has 9 nitrogen and oxygen atoms in total. The lowest BCUT2D eigenvalue weighted by atomic mass is 10.2. The highest BCUT2D eigenvalue weighted by Crippen LogP contribution is 2.09. The van der Waals surface area contributed by atoms with Gasteiger partial charge in [0.2, 0.25) is 5.91 Å². The highest BCUT2D eigenvalue weighted by Gasteiger charge is 2.10. The fraction of sp³-hybridized carbons (Fsp3) is 0.158.